The van der Waals surface area contributed by atoms with E-state index in [0.29, 0.717) is 0 Å². The number of nitrogens with zero attached hydrogens (tertiary/aromatic N) is 4. The standard InChI is InChI=1S/C36H24N4/c1-4-11-25(12-5-1)26-19-20-33-30(23-26)36(27-13-6-2-7-14-27,28-15-8-3-9-16-28)29-17-10-18-31-34(29)40(33)35(39-31)32-21-22-37-24-38-32/h1-24H. The zero-order chi connectivity index (χ0) is 26.5. The Morgan fingerprint density at radius 3 is 1.95 bits per heavy atom. The van der Waals surface area contributed by atoms with Crippen molar-refractivity contribution in [3.63, 3.8) is 0 Å². The van der Waals surface area contributed by atoms with Gasteiger partial charge in [0, 0.05) is 6.20 Å². The lowest BCUT2D eigenvalue weighted by Crippen LogP contribution is -2.35. The number of aromatic nitrogens is 4. The summed E-state index contributed by atoms with van der Waals surface area (Å²) in [6, 6.07) is 47.6. The average Bonchev–Trinajstić information content (AvgIpc) is 3.44. The summed E-state index contributed by atoms with van der Waals surface area (Å²) >= 11 is 0. The minimum absolute atomic E-state index is 0.554. The molecule has 0 radical (unpaired) electrons. The Hall–Kier alpha value is -5.35. The van der Waals surface area contributed by atoms with Crippen LogP contribution in [0.3, 0.4) is 0 Å². The molecule has 40 heavy (non-hydrogen) atoms. The second-order valence-corrected chi connectivity index (χ2v) is 10.1. The number of hydrogen-bond acceptors (Lipinski definition) is 3. The minimum atomic E-state index is -0.554. The van der Waals surface area contributed by atoms with Gasteiger partial charge in [0.1, 0.15) is 12.0 Å². The molecule has 188 valence electrons. The summed E-state index contributed by atoms with van der Waals surface area (Å²) in [5, 5.41) is 0. The first-order valence-electron chi connectivity index (χ1n) is 13.5. The molecule has 4 nitrogen and oxygen atoms in total. The maximum atomic E-state index is 5.16. The Bertz CT molecular complexity index is 1940. The van der Waals surface area contributed by atoms with Crippen molar-refractivity contribution >= 4 is 11.0 Å². The van der Waals surface area contributed by atoms with E-state index in [1.165, 1.54) is 33.4 Å². The van der Waals surface area contributed by atoms with E-state index >= 15 is 0 Å². The van der Waals surface area contributed by atoms with Crippen molar-refractivity contribution in [3.8, 4) is 28.3 Å². The number of imidazole rings is 1. The van der Waals surface area contributed by atoms with Gasteiger partial charge in [-0.25, -0.2) is 15.0 Å². The van der Waals surface area contributed by atoms with Crippen molar-refractivity contribution in [2.75, 3.05) is 0 Å². The summed E-state index contributed by atoms with van der Waals surface area (Å²) in [4.78, 5) is 13.9. The third kappa shape index (κ3) is 3.17. The Balaban J connectivity index is 1.58. The van der Waals surface area contributed by atoms with E-state index in [2.05, 4.69) is 142 Å². The van der Waals surface area contributed by atoms with Gasteiger partial charge in [0.2, 0.25) is 0 Å². The molecule has 0 N–H and O–H groups in total. The van der Waals surface area contributed by atoms with Crippen LogP contribution in [0, 0.1) is 0 Å². The van der Waals surface area contributed by atoms with Crippen LogP contribution in [0.25, 0.3) is 39.4 Å². The number of benzene rings is 5. The van der Waals surface area contributed by atoms with Crippen LogP contribution >= 0.6 is 0 Å². The van der Waals surface area contributed by atoms with E-state index < -0.39 is 5.41 Å². The minimum Gasteiger partial charge on any atom is -0.290 e. The van der Waals surface area contributed by atoms with Crippen molar-refractivity contribution in [2.45, 2.75) is 5.41 Å². The molecule has 5 aromatic carbocycles. The fourth-order valence-corrected chi connectivity index (χ4v) is 6.41. The van der Waals surface area contributed by atoms with E-state index in [1.807, 2.05) is 6.07 Å². The maximum Gasteiger partial charge on any atom is 0.164 e. The number of para-hydroxylation sites is 1. The van der Waals surface area contributed by atoms with Crippen molar-refractivity contribution in [1.82, 2.24) is 19.5 Å². The molecule has 0 saturated heterocycles. The molecule has 0 aliphatic carbocycles. The van der Waals surface area contributed by atoms with Crippen LogP contribution < -0.4 is 0 Å². The molecule has 0 atom stereocenters. The molecule has 0 spiro atoms. The van der Waals surface area contributed by atoms with Crippen molar-refractivity contribution in [3.05, 3.63) is 168 Å². The van der Waals surface area contributed by atoms with Gasteiger partial charge in [0.05, 0.1) is 22.1 Å². The number of rotatable bonds is 4. The maximum absolute atomic E-state index is 5.16. The highest BCUT2D eigenvalue weighted by molar-refractivity contribution is 5.92. The molecule has 4 heteroatoms. The summed E-state index contributed by atoms with van der Waals surface area (Å²) in [5.41, 5.74) is 10.6. The first-order valence-corrected chi connectivity index (χ1v) is 13.5. The molecule has 0 unspecified atom stereocenters. The van der Waals surface area contributed by atoms with Gasteiger partial charge in [0.25, 0.3) is 0 Å². The van der Waals surface area contributed by atoms with Crippen LogP contribution in [0.4, 0.5) is 0 Å². The highest BCUT2D eigenvalue weighted by atomic mass is 15.1. The summed E-state index contributed by atoms with van der Waals surface area (Å²) in [7, 11) is 0. The summed E-state index contributed by atoms with van der Waals surface area (Å²) in [5.74, 6) is 0.813. The van der Waals surface area contributed by atoms with Crippen molar-refractivity contribution in [1.29, 1.82) is 0 Å². The summed E-state index contributed by atoms with van der Waals surface area (Å²) < 4.78 is 2.29. The summed E-state index contributed by atoms with van der Waals surface area (Å²) in [6.45, 7) is 0. The van der Waals surface area contributed by atoms with Gasteiger partial charge < -0.3 is 0 Å². The van der Waals surface area contributed by atoms with Gasteiger partial charge in [-0.15, -0.1) is 0 Å². The third-order valence-corrected chi connectivity index (χ3v) is 8.05. The molecule has 8 rings (SSSR count). The van der Waals surface area contributed by atoms with Crippen LogP contribution in [-0.4, -0.2) is 19.5 Å². The average molecular weight is 513 g/mol. The van der Waals surface area contributed by atoms with Crippen LogP contribution in [-0.2, 0) is 5.41 Å². The fourth-order valence-electron chi connectivity index (χ4n) is 6.41. The third-order valence-electron chi connectivity index (χ3n) is 8.05. The van der Waals surface area contributed by atoms with E-state index in [1.54, 1.807) is 12.5 Å². The van der Waals surface area contributed by atoms with Crippen molar-refractivity contribution < 1.29 is 0 Å². The van der Waals surface area contributed by atoms with Gasteiger partial charge in [-0.1, -0.05) is 109 Å². The monoisotopic (exact) mass is 512 g/mol. The van der Waals surface area contributed by atoms with E-state index in [-0.39, 0.29) is 0 Å². The van der Waals surface area contributed by atoms with Crippen LogP contribution in [0.1, 0.15) is 22.3 Å². The Morgan fingerprint density at radius 2 is 1.27 bits per heavy atom. The first kappa shape index (κ1) is 22.6. The zero-order valence-electron chi connectivity index (χ0n) is 21.6. The van der Waals surface area contributed by atoms with Gasteiger partial charge in [-0.2, -0.15) is 0 Å². The molecular formula is C36H24N4. The van der Waals surface area contributed by atoms with Crippen LogP contribution in [0.2, 0.25) is 0 Å². The lowest BCUT2D eigenvalue weighted by Gasteiger charge is -2.41. The highest BCUT2D eigenvalue weighted by Crippen LogP contribution is 2.53. The van der Waals surface area contributed by atoms with Crippen molar-refractivity contribution in [2.24, 2.45) is 0 Å². The predicted molar refractivity (Wildman–Crippen MR) is 159 cm³/mol. The lowest BCUT2D eigenvalue weighted by atomic mass is 9.63. The first-order chi connectivity index (χ1) is 19.9. The lowest BCUT2D eigenvalue weighted by molar-refractivity contribution is 0.725. The van der Waals surface area contributed by atoms with Gasteiger partial charge >= 0.3 is 0 Å². The second kappa shape index (κ2) is 8.85. The Morgan fingerprint density at radius 1 is 0.575 bits per heavy atom. The Labute approximate surface area is 232 Å². The predicted octanol–water partition coefficient (Wildman–Crippen LogP) is 7.85. The summed E-state index contributed by atoms with van der Waals surface area (Å²) in [6.07, 6.45) is 3.36. The number of fused-ring (bicyclic) bond motifs is 2. The molecule has 0 saturated carbocycles. The smallest absolute Gasteiger partial charge is 0.164 e. The SMILES string of the molecule is c1ccc(-c2ccc3c(c2)C(c2ccccc2)(c2ccccc2)c2cccc4nc(-c5ccncn5)n-3c24)cc1. The van der Waals surface area contributed by atoms with E-state index in [0.717, 1.165) is 28.2 Å². The van der Waals surface area contributed by atoms with E-state index in [9.17, 15) is 0 Å². The van der Waals surface area contributed by atoms with E-state index in [4.69, 9.17) is 4.98 Å². The van der Waals surface area contributed by atoms with Crippen LogP contribution in [0.5, 0.6) is 0 Å². The quantitative estimate of drug-likeness (QED) is 0.241. The second-order valence-electron chi connectivity index (χ2n) is 10.1. The fraction of sp³-hybridized carbons (Fsp3) is 0.0278. The molecule has 7 aromatic rings. The molecule has 0 amide bonds. The normalized spacial score (nSPS) is 13.2. The molecular weight excluding hydrogens is 488 g/mol. The molecule has 1 aliphatic heterocycles. The molecule has 0 bridgehead atoms. The van der Waals surface area contributed by atoms with Crippen LogP contribution in [0.15, 0.2) is 146 Å². The molecule has 0 fully saturated rings. The molecule has 3 heterocycles. The zero-order valence-corrected chi connectivity index (χ0v) is 21.6. The van der Waals surface area contributed by atoms with Gasteiger partial charge in [0.15, 0.2) is 5.82 Å². The highest BCUT2D eigenvalue weighted by Gasteiger charge is 2.45. The Kier molecular flexibility index (Phi) is 5.01. The van der Waals surface area contributed by atoms with Gasteiger partial charge in [-0.05, 0) is 57.6 Å². The largest absolute Gasteiger partial charge is 0.290 e. The number of hydrogen-bond donors (Lipinski definition) is 0. The molecule has 2 aromatic heterocycles. The molecule has 1 aliphatic rings. The topological polar surface area (TPSA) is 43.6 Å². The van der Waals surface area contributed by atoms with Gasteiger partial charge in [-0.3, -0.25) is 4.57 Å².